The summed E-state index contributed by atoms with van der Waals surface area (Å²) in [5.74, 6) is -1.58. The molecule has 3 rings (SSSR count). The summed E-state index contributed by atoms with van der Waals surface area (Å²) in [6.45, 7) is 1.77. The van der Waals surface area contributed by atoms with Gasteiger partial charge in [0.15, 0.2) is 0 Å². The molecular weight excluding hydrogens is 382 g/mol. The number of nitrogens with two attached hydrogens (primary N) is 1. The zero-order valence-corrected chi connectivity index (χ0v) is 15.6. The number of nitro benzene ring substituents is 1. The second kappa shape index (κ2) is 7.94. The van der Waals surface area contributed by atoms with E-state index in [0.717, 1.165) is 0 Å². The van der Waals surface area contributed by atoms with Gasteiger partial charge < -0.3 is 15.2 Å². The lowest BCUT2D eigenvalue weighted by Crippen LogP contribution is -2.25. The van der Waals surface area contributed by atoms with Crippen LogP contribution in [0, 0.1) is 21.4 Å². The van der Waals surface area contributed by atoms with Crippen LogP contribution in [0.5, 0.6) is 0 Å². The zero-order chi connectivity index (χ0) is 20.3. The molecule has 1 unspecified atom stereocenters. The van der Waals surface area contributed by atoms with E-state index >= 15 is 0 Å². The maximum atomic E-state index is 12.8. The first kappa shape index (κ1) is 19.1. The van der Waals surface area contributed by atoms with Crippen molar-refractivity contribution < 1.29 is 19.2 Å². The van der Waals surface area contributed by atoms with Crippen LogP contribution in [0.2, 0.25) is 0 Å². The molecule has 1 aliphatic heterocycles. The Morgan fingerprint density at radius 3 is 2.82 bits per heavy atom. The standard InChI is InChI=1S/C19H15N3O5S/c1-2-26-19(23)16-15(14-7-4-8-28-14)13(10-20)18(21)27-17(16)11-5-3-6-12(9-11)22(24)25/h3-9,15H,2,21H2,1H3. The van der Waals surface area contributed by atoms with Crippen molar-refractivity contribution in [2.24, 2.45) is 5.73 Å². The van der Waals surface area contributed by atoms with Gasteiger partial charge in [0, 0.05) is 22.6 Å². The van der Waals surface area contributed by atoms with Crippen molar-refractivity contribution >= 4 is 28.8 Å². The molecule has 1 aromatic carbocycles. The van der Waals surface area contributed by atoms with Crippen molar-refractivity contribution in [1.29, 1.82) is 5.26 Å². The van der Waals surface area contributed by atoms with Crippen LogP contribution in [0.15, 0.2) is 58.8 Å². The summed E-state index contributed by atoms with van der Waals surface area (Å²) < 4.78 is 10.8. The highest BCUT2D eigenvalue weighted by Gasteiger charge is 2.39. The number of nitrogens with zero attached hydrogens (tertiary/aromatic N) is 2. The first-order valence-electron chi connectivity index (χ1n) is 8.25. The molecule has 0 saturated heterocycles. The minimum absolute atomic E-state index is 0.0389. The normalized spacial score (nSPS) is 16.4. The molecule has 8 nitrogen and oxygen atoms in total. The highest BCUT2D eigenvalue weighted by molar-refractivity contribution is 7.10. The van der Waals surface area contributed by atoms with Gasteiger partial charge in [-0.15, -0.1) is 11.3 Å². The minimum Gasteiger partial charge on any atom is -0.463 e. The number of thiophene rings is 1. The smallest absolute Gasteiger partial charge is 0.338 e. The predicted molar refractivity (Wildman–Crippen MR) is 102 cm³/mol. The Morgan fingerprint density at radius 2 is 2.21 bits per heavy atom. The lowest BCUT2D eigenvalue weighted by atomic mass is 9.86. The summed E-state index contributed by atoms with van der Waals surface area (Å²) in [7, 11) is 0. The van der Waals surface area contributed by atoms with E-state index in [9.17, 15) is 20.2 Å². The second-order valence-electron chi connectivity index (χ2n) is 5.71. The Balaban J connectivity index is 2.27. The lowest BCUT2D eigenvalue weighted by Gasteiger charge is -2.27. The molecule has 2 heterocycles. The third-order valence-corrected chi connectivity index (χ3v) is 5.00. The molecule has 0 spiro atoms. The number of nitriles is 1. The first-order valence-corrected chi connectivity index (χ1v) is 9.13. The quantitative estimate of drug-likeness (QED) is 0.465. The largest absolute Gasteiger partial charge is 0.463 e. The fourth-order valence-electron chi connectivity index (χ4n) is 2.89. The molecule has 0 aliphatic carbocycles. The number of carbonyl (C=O) groups is 1. The Kier molecular flexibility index (Phi) is 5.42. The predicted octanol–water partition coefficient (Wildman–Crippen LogP) is 3.44. The second-order valence-corrected chi connectivity index (χ2v) is 6.69. The molecule has 142 valence electrons. The van der Waals surface area contributed by atoms with Gasteiger partial charge in [0.05, 0.1) is 23.0 Å². The maximum absolute atomic E-state index is 12.8. The number of hydrogen-bond acceptors (Lipinski definition) is 8. The van der Waals surface area contributed by atoms with E-state index in [-0.39, 0.29) is 35.1 Å². The van der Waals surface area contributed by atoms with Crippen molar-refractivity contribution in [3.63, 3.8) is 0 Å². The summed E-state index contributed by atoms with van der Waals surface area (Å²) in [4.78, 5) is 24.1. The van der Waals surface area contributed by atoms with Gasteiger partial charge in [-0.1, -0.05) is 18.2 Å². The van der Waals surface area contributed by atoms with E-state index < -0.39 is 16.8 Å². The fraction of sp³-hybridized carbons (Fsp3) is 0.158. The number of ether oxygens (including phenoxy) is 2. The van der Waals surface area contributed by atoms with Gasteiger partial charge in [0.2, 0.25) is 5.88 Å². The van der Waals surface area contributed by atoms with Gasteiger partial charge in [0.1, 0.15) is 17.4 Å². The topological polar surface area (TPSA) is 128 Å². The van der Waals surface area contributed by atoms with Crippen molar-refractivity contribution in [3.05, 3.63) is 79.4 Å². The van der Waals surface area contributed by atoms with Crippen LogP contribution in [0.4, 0.5) is 5.69 Å². The van der Waals surface area contributed by atoms with Crippen molar-refractivity contribution in [3.8, 4) is 6.07 Å². The van der Waals surface area contributed by atoms with Crippen molar-refractivity contribution in [2.45, 2.75) is 12.8 Å². The maximum Gasteiger partial charge on any atom is 0.338 e. The minimum atomic E-state index is -0.785. The molecule has 0 amide bonds. The molecule has 1 aliphatic rings. The molecule has 28 heavy (non-hydrogen) atoms. The summed E-state index contributed by atoms with van der Waals surface area (Å²) >= 11 is 1.35. The van der Waals surface area contributed by atoms with E-state index in [1.54, 1.807) is 25.1 Å². The van der Waals surface area contributed by atoms with E-state index in [1.807, 2.05) is 11.4 Å². The van der Waals surface area contributed by atoms with Crippen molar-refractivity contribution in [1.82, 2.24) is 0 Å². The molecule has 9 heteroatoms. The molecular formula is C19H15N3O5S. The number of non-ortho nitro benzene ring substituents is 1. The van der Waals surface area contributed by atoms with Gasteiger partial charge in [-0.25, -0.2) is 4.79 Å². The molecule has 1 aromatic heterocycles. The van der Waals surface area contributed by atoms with Crippen molar-refractivity contribution in [2.75, 3.05) is 6.61 Å². The number of rotatable bonds is 5. The van der Waals surface area contributed by atoms with E-state index in [0.29, 0.717) is 10.4 Å². The fourth-order valence-corrected chi connectivity index (χ4v) is 3.74. The molecule has 1 atom stereocenters. The number of allylic oxidation sites excluding steroid dienone is 1. The lowest BCUT2D eigenvalue weighted by molar-refractivity contribution is -0.384. The Morgan fingerprint density at radius 1 is 1.43 bits per heavy atom. The highest BCUT2D eigenvalue weighted by Crippen LogP contribution is 2.44. The van der Waals surface area contributed by atoms with Crippen LogP contribution in [-0.2, 0) is 14.3 Å². The van der Waals surface area contributed by atoms with E-state index in [2.05, 4.69) is 0 Å². The number of hydrogen-bond donors (Lipinski definition) is 1. The van der Waals surface area contributed by atoms with Gasteiger partial charge in [-0.05, 0) is 18.4 Å². The Labute approximate surface area is 164 Å². The van der Waals surface area contributed by atoms with Crippen LogP contribution in [0.1, 0.15) is 23.3 Å². The number of carbonyl (C=O) groups excluding carboxylic acids is 1. The average Bonchev–Trinajstić information content (AvgIpc) is 3.21. The molecule has 0 fully saturated rings. The van der Waals surface area contributed by atoms with Gasteiger partial charge in [-0.2, -0.15) is 5.26 Å². The Hall–Kier alpha value is -3.64. The van der Waals surface area contributed by atoms with E-state index in [4.69, 9.17) is 15.2 Å². The SMILES string of the molecule is CCOC(=O)C1=C(c2cccc([N+](=O)[O-])c2)OC(N)=C(C#N)C1c1cccs1. The molecule has 0 bridgehead atoms. The summed E-state index contributed by atoms with van der Waals surface area (Å²) in [6.07, 6.45) is 0. The zero-order valence-electron chi connectivity index (χ0n) is 14.7. The van der Waals surface area contributed by atoms with Crippen LogP contribution >= 0.6 is 11.3 Å². The molecule has 2 N–H and O–H groups in total. The van der Waals surface area contributed by atoms with Crippen LogP contribution < -0.4 is 5.73 Å². The number of benzene rings is 1. The molecule has 0 saturated carbocycles. The van der Waals surface area contributed by atoms with Gasteiger partial charge in [0.25, 0.3) is 5.69 Å². The number of nitro groups is 1. The van der Waals surface area contributed by atoms with Gasteiger partial charge >= 0.3 is 5.97 Å². The Bertz CT molecular complexity index is 1030. The summed E-state index contributed by atoms with van der Waals surface area (Å²) in [6, 6.07) is 11.2. The third-order valence-electron chi connectivity index (χ3n) is 4.06. The third kappa shape index (κ3) is 3.45. The summed E-state index contributed by atoms with van der Waals surface area (Å²) in [5.41, 5.74) is 6.25. The highest BCUT2D eigenvalue weighted by atomic mass is 32.1. The monoisotopic (exact) mass is 397 g/mol. The summed E-state index contributed by atoms with van der Waals surface area (Å²) in [5, 5.41) is 22.6. The van der Waals surface area contributed by atoms with Crippen LogP contribution in [0.3, 0.4) is 0 Å². The number of esters is 1. The van der Waals surface area contributed by atoms with Crippen LogP contribution in [0.25, 0.3) is 5.76 Å². The van der Waals surface area contributed by atoms with E-state index in [1.165, 1.54) is 29.5 Å². The molecule has 2 aromatic rings. The van der Waals surface area contributed by atoms with Crippen LogP contribution in [-0.4, -0.2) is 17.5 Å². The average molecular weight is 397 g/mol. The first-order chi connectivity index (χ1) is 13.5. The molecule has 0 radical (unpaired) electrons. The van der Waals surface area contributed by atoms with Gasteiger partial charge in [-0.3, -0.25) is 10.1 Å².